The molecule has 2 aromatic rings. The molecule has 1 aromatic carbocycles. The first-order valence-electron chi connectivity index (χ1n) is 6.60. The third-order valence-corrected chi connectivity index (χ3v) is 3.07. The van der Waals surface area contributed by atoms with Crippen molar-refractivity contribution in [1.82, 2.24) is 10.3 Å². The number of pyridine rings is 1. The van der Waals surface area contributed by atoms with Crippen molar-refractivity contribution in [2.75, 3.05) is 7.11 Å². The van der Waals surface area contributed by atoms with Crippen molar-refractivity contribution >= 4 is 5.91 Å². The van der Waals surface area contributed by atoms with E-state index in [2.05, 4.69) is 10.3 Å². The lowest BCUT2D eigenvalue weighted by Crippen LogP contribution is -2.21. The fourth-order valence-corrected chi connectivity index (χ4v) is 2.01. The topological polar surface area (TPSA) is 51.2 Å². The predicted molar refractivity (Wildman–Crippen MR) is 78.4 cm³/mol. The van der Waals surface area contributed by atoms with Gasteiger partial charge in [0.2, 0.25) is 11.8 Å². The average molecular weight is 270 g/mol. The Morgan fingerprint density at radius 3 is 2.70 bits per heavy atom. The molecule has 4 nitrogen and oxygen atoms in total. The van der Waals surface area contributed by atoms with Crippen LogP contribution in [0, 0.1) is 0 Å². The SMILES string of the molecule is CCC(=O)NCc1ccccc1-c1cccnc1OC. The van der Waals surface area contributed by atoms with Crippen LogP contribution in [0.25, 0.3) is 11.1 Å². The van der Waals surface area contributed by atoms with E-state index in [1.807, 2.05) is 43.3 Å². The zero-order valence-corrected chi connectivity index (χ0v) is 11.7. The number of benzene rings is 1. The number of hydrogen-bond donors (Lipinski definition) is 1. The second-order valence-corrected chi connectivity index (χ2v) is 4.35. The Bertz CT molecular complexity index is 597. The van der Waals surface area contributed by atoms with Gasteiger partial charge in [-0.2, -0.15) is 0 Å². The number of rotatable bonds is 5. The van der Waals surface area contributed by atoms with Gasteiger partial charge in [0.05, 0.1) is 7.11 Å². The van der Waals surface area contributed by atoms with Gasteiger partial charge in [0.1, 0.15) is 0 Å². The van der Waals surface area contributed by atoms with Gasteiger partial charge in [-0.25, -0.2) is 4.98 Å². The molecule has 0 aliphatic rings. The standard InChI is InChI=1S/C16H18N2O2/c1-3-15(19)18-11-12-7-4-5-8-13(12)14-9-6-10-17-16(14)20-2/h4-10H,3,11H2,1-2H3,(H,18,19). The van der Waals surface area contributed by atoms with Crippen LogP contribution in [-0.4, -0.2) is 18.0 Å². The summed E-state index contributed by atoms with van der Waals surface area (Å²) in [6.07, 6.45) is 2.18. The minimum Gasteiger partial charge on any atom is -0.481 e. The fraction of sp³-hybridized carbons (Fsp3) is 0.250. The molecule has 1 heterocycles. The van der Waals surface area contributed by atoms with Crippen LogP contribution in [0.5, 0.6) is 5.88 Å². The molecule has 0 aliphatic heterocycles. The van der Waals surface area contributed by atoms with E-state index in [1.165, 1.54) is 0 Å². The van der Waals surface area contributed by atoms with E-state index in [4.69, 9.17) is 4.74 Å². The number of nitrogens with zero attached hydrogens (tertiary/aromatic N) is 1. The summed E-state index contributed by atoms with van der Waals surface area (Å²) in [6.45, 7) is 2.34. The van der Waals surface area contributed by atoms with E-state index < -0.39 is 0 Å². The molecule has 0 spiro atoms. The molecule has 0 radical (unpaired) electrons. The zero-order chi connectivity index (χ0) is 14.4. The minimum absolute atomic E-state index is 0.0398. The summed E-state index contributed by atoms with van der Waals surface area (Å²) in [5.74, 6) is 0.625. The van der Waals surface area contributed by atoms with Gasteiger partial charge in [-0.1, -0.05) is 31.2 Å². The molecule has 1 amide bonds. The van der Waals surface area contributed by atoms with E-state index >= 15 is 0 Å². The van der Waals surface area contributed by atoms with Crippen LogP contribution in [0.1, 0.15) is 18.9 Å². The molecule has 1 aromatic heterocycles. The summed E-state index contributed by atoms with van der Waals surface area (Å²) in [7, 11) is 1.60. The van der Waals surface area contributed by atoms with E-state index in [0.29, 0.717) is 18.8 Å². The smallest absolute Gasteiger partial charge is 0.221 e. The first-order valence-corrected chi connectivity index (χ1v) is 6.60. The molecule has 0 fully saturated rings. The first kappa shape index (κ1) is 14.1. The zero-order valence-electron chi connectivity index (χ0n) is 11.7. The number of carbonyl (C=O) groups is 1. The Kier molecular flexibility index (Phi) is 4.71. The lowest BCUT2D eigenvalue weighted by molar-refractivity contribution is -0.120. The lowest BCUT2D eigenvalue weighted by atomic mass is 10.0. The molecule has 104 valence electrons. The molecular formula is C16H18N2O2. The fourth-order valence-electron chi connectivity index (χ4n) is 2.01. The predicted octanol–water partition coefficient (Wildman–Crippen LogP) is 2.78. The summed E-state index contributed by atoms with van der Waals surface area (Å²) >= 11 is 0. The maximum atomic E-state index is 11.4. The van der Waals surface area contributed by atoms with Crippen LogP contribution in [0.2, 0.25) is 0 Å². The number of ether oxygens (including phenoxy) is 1. The number of aromatic nitrogens is 1. The number of nitrogens with one attached hydrogen (secondary N) is 1. The lowest BCUT2D eigenvalue weighted by Gasteiger charge is -2.12. The second-order valence-electron chi connectivity index (χ2n) is 4.35. The highest BCUT2D eigenvalue weighted by molar-refractivity contribution is 5.76. The highest BCUT2D eigenvalue weighted by atomic mass is 16.5. The molecule has 0 saturated carbocycles. The maximum Gasteiger partial charge on any atom is 0.221 e. The first-order chi connectivity index (χ1) is 9.76. The summed E-state index contributed by atoms with van der Waals surface area (Å²) in [6, 6.07) is 11.8. The van der Waals surface area contributed by atoms with Crippen LogP contribution in [-0.2, 0) is 11.3 Å². The van der Waals surface area contributed by atoms with Gasteiger partial charge in [-0.05, 0) is 23.3 Å². The normalized spacial score (nSPS) is 10.1. The monoisotopic (exact) mass is 270 g/mol. The van der Waals surface area contributed by atoms with Crippen LogP contribution in [0.3, 0.4) is 0 Å². The third kappa shape index (κ3) is 3.15. The van der Waals surface area contributed by atoms with Crippen molar-refractivity contribution in [1.29, 1.82) is 0 Å². The van der Waals surface area contributed by atoms with E-state index in [-0.39, 0.29) is 5.91 Å². The summed E-state index contributed by atoms with van der Waals surface area (Å²) < 4.78 is 5.30. The van der Waals surface area contributed by atoms with Crippen LogP contribution < -0.4 is 10.1 Å². The van der Waals surface area contributed by atoms with Gasteiger partial charge in [0.15, 0.2) is 0 Å². The van der Waals surface area contributed by atoms with Gasteiger partial charge < -0.3 is 10.1 Å². The highest BCUT2D eigenvalue weighted by Crippen LogP contribution is 2.30. The third-order valence-electron chi connectivity index (χ3n) is 3.07. The Hall–Kier alpha value is -2.36. The second kappa shape index (κ2) is 6.70. The van der Waals surface area contributed by atoms with Gasteiger partial charge >= 0.3 is 0 Å². The largest absolute Gasteiger partial charge is 0.481 e. The summed E-state index contributed by atoms with van der Waals surface area (Å²) in [5, 5.41) is 2.90. The maximum absolute atomic E-state index is 11.4. The van der Waals surface area contributed by atoms with Crippen molar-refractivity contribution in [3.63, 3.8) is 0 Å². The van der Waals surface area contributed by atoms with E-state index in [1.54, 1.807) is 13.3 Å². The number of hydrogen-bond acceptors (Lipinski definition) is 3. The highest BCUT2D eigenvalue weighted by Gasteiger charge is 2.10. The van der Waals surface area contributed by atoms with Crippen molar-refractivity contribution < 1.29 is 9.53 Å². The Morgan fingerprint density at radius 2 is 1.95 bits per heavy atom. The molecule has 0 unspecified atom stereocenters. The van der Waals surface area contributed by atoms with Crippen molar-refractivity contribution in [3.05, 3.63) is 48.2 Å². The van der Waals surface area contributed by atoms with E-state index in [0.717, 1.165) is 16.7 Å². The Morgan fingerprint density at radius 1 is 1.20 bits per heavy atom. The van der Waals surface area contributed by atoms with Crippen LogP contribution in [0.15, 0.2) is 42.6 Å². The molecule has 0 saturated heterocycles. The van der Waals surface area contributed by atoms with Crippen molar-refractivity contribution in [3.8, 4) is 17.0 Å². The van der Waals surface area contributed by atoms with Gasteiger partial charge in [0, 0.05) is 24.7 Å². The van der Waals surface area contributed by atoms with E-state index in [9.17, 15) is 4.79 Å². The number of methoxy groups -OCH3 is 1. The quantitative estimate of drug-likeness (QED) is 0.909. The average Bonchev–Trinajstić information content (AvgIpc) is 2.52. The molecule has 4 heteroatoms. The Labute approximate surface area is 118 Å². The molecule has 0 aliphatic carbocycles. The number of amides is 1. The van der Waals surface area contributed by atoms with Crippen LogP contribution >= 0.6 is 0 Å². The van der Waals surface area contributed by atoms with Gasteiger partial charge in [0.25, 0.3) is 0 Å². The summed E-state index contributed by atoms with van der Waals surface area (Å²) in [5.41, 5.74) is 2.99. The molecule has 2 rings (SSSR count). The molecule has 20 heavy (non-hydrogen) atoms. The summed E-state index contributed by atoms with van der Waals surface area (Å²) in [4.78, 5) is 15.6. The number of carbonyl (C=O) groups excluding carboxylic acids is 1. The molecule has 0 atom stereocenters. The minimum atomic E-state index is 0.0398. The molecule has 1 N–H and O–H groups in total. The van der Waals surface area contributed by atoms with Crippen molar-refractivity contribution in [2.24, 2.45) is 0 Å². The van der Waals surface area contributed by atoms with Gasteiger partial charge in [-0.3, -0.25) is 4.79 Å². The molecular weight excluding hydrogens is 252 g/mol. The Balaban J connectivity index is 2.34. The molecule has 0 bridgehead atoms. The van der Waals surface area contributed by atoms with Crippen LogP contribution in [0.4, 0.5) is 0 Å². The van der Waals surface area contributed by atoms with Crippen molar-refractivity contribution in [2.45, 2.75) is 19.9 Å². The van der Waals surface area contributed by atoms with Gasteiger partial charge in [-0.15, -0.1) is 0 Å².